The van der Waals surface area contributed by atoms with Gasteiger partial charge in [-0.05, 0) is 48.4 Å². The van der Waals surface area contributed by atoms with E-state index >= 15 is 0 Å². The molecule has 0 atom stereocenters. The molecule has 0 radical (unpaired) electrons. The number of ketones is 1. The standard InChI is InChI=1S/C22H24N4O3/c27-17(11-16-3-4-19-18(12-16)23-15-29-19)13-26-21(28)6-5-20(24-26)25-10-9-22(14-25)7-1-2-8-22/h3-6,12,15H,1-2,7-11,13-14H2. The maximum absolute atomic E-state index is 12.6. The highest BCUT2D eigenvalue weighted by Gasteiger charge is 2.40. The van der Waals surface area contributed by atoms with Crippen LogP contribution in [0.1, 0.15) is 37.7 Å². The van der Waals surface area contributed by atoms with E-state index in [9.17, 15) is 9.59 Å². The number of hydrogen-bond donors (Lipinski definition) is 0. The van der Waals surface area contributed by atoms with E-state index in [1.54, 1.807) is 6.07 Å². The van der Waals surface area contributed by atoms with Crippen molar-refractivity contribution in [2.75, 3.05) is 18.0 Å². The zero-order chi connectivity index (χ0) is 19.8. The Morgan fingerprint density at radius 1 is 1.14 bits per heavy atom. The van der Waals surface area contributed by atoms with Gasteiger partial charge in [0.2, 0.25) is 0 Å². The number of oxazole rings is 1. The smallest absolute Gasteiger partial charge is 0.267 e. The van der Waals surface area contributed by atoms with Crippen LogP contribution in [0.2, 0.25) is 0 Å². The molecule has 1 saturated heterocycles. The lowest BCUT2D eigenvalue weighted by molar-refractivity contribution is -0.119. The van der Waals surface area contributed by atoms with E-state index in [0.717, 1.165) is 30.0 Å². The number of carbonyl (C=O) groups is 1. The molecule has 3 heterocycles. The number of hydrogen-bond acceptors (Lipinski definition) is 6. The van der Waals surface area contributed by atoms with Gasteiger partial charge in [-0.25, -0.2) is 9.67 Å². The van der Waals surface area contributed by atoms with Crippen molar-refractivity contribution in [1.82, 2.24) is 14.8 Å². The summed E-state index contributed by atoms with van der Waals surface area (Å²) in [6.45, 7) is 1.95. The Hall–Kier alpha value is -2.96. The second-order valence-corrected chi connectivity index (χ2v) is 8.44. The SMILES string of the molecule is O=C(Cc1ccc2ocnc2c1)Cn1nc(N2CCC3(CCCC3)C2)ccc1=O. The van der Waals surface area contributed by atoms with Crippen LogP contribution in [0.3, 0.4) is 0 Å². The Labute approximate surface area is 168 Å². The summed E-state index contributed by atoms with van der Waals surface area (Å²) in [5.74, 6) is 0.735. The Morgan fingerprint density at radius 3 is 2.86 bits per heavy atom. The van der Waals surface area contributed by atoms with Crippen LogP contribution >= 0.6 is 0 Å². The minimum absolute atomic E-state index is 0.0253. The van der Waals surface area contributed by atoms with Gasteiger partial charge in [0.05, 0.1) is 0 Å². The van der Waals surface area contributed by atoms with E-state index in [-0.39, 0.29) is 24.3 Å². The quantitative estimate of drug-likeness (QED) is 0.664. The van der Waals surface area contributed by atoms with Crippen LogP contribution in [0, 0.1) is 5.41 Å². The molecule has 5 rings (SSSR count). The van der Waals surface area contributed by atoms with E-state index in [0.29, 0.717) is 11.0 Å². The van der Waals surface area contributed by atoms with Crippen LogP contribution in [-0.2, 0) is 17.8 Å². The first-order valence-electron chi connectivity index (χ1n) is 10.3. The maximum atomic E-state index is 12.6. The highest BCUT2D eigenvalue weighted by atomic mass is 16.3. The lowest BCUT2D eigenvalue weighted by atomic mass is 9.86. The Balaban J connectivity index is 1.29. The number of anilines is 1. The lowest BCUT2D eigenvalue weighted by Crippen LogP contribution is -2.31. The Kier molecular flexibility index (Phi) is 4.45. The maximum Gasteiger partial charge on any atom is 0.267 e. The van der Waals surface area contributed by atoms with Gasteiger partial charge in [-0.3, -0.25) is 9.59 Å². The van der Waals surface area contributed by atoms with Gasteiger partial charge in [0.15, 0.2) is 17.8 Å². The minimum Gasteiger partial charge on any atom is -0.443 e. The second-order valence-electron chi connectivity index (χ2n) is 8.44. The predicted octanol–water partition coefficient (Wildman–Crippen LogP) is 2.97. The number of carbonyl (C=O) groups excluding carboxylic acids is 1. The van der Waals surface area contributed by atoms with Crippen molar-refractivity contribution in [3.63, 3.8) is 0 Å². The molecule has 2 aliphatic rings. The molecular formula is C22H24N4O3. The van der Waals surface area contributed by atoms with Crippen molar-refractivity contribution in [2.45, 2.75) is 45.1 Å². The molecule has 0 N–H and O–H groups in total. The highest BCUT2D eigenvalue weighted by molar-refractivity contribution is 5.82. The van der Waals surface area contributed by atoms with Crippen molar-refractivity contribution >= 4 is 22.7 Å². The normalized spacial score (nSPS) is 18.1. The van der Waals surface area contributed by atoms with Crippen molar-refractivity contribution in [3.8, 4) is 0 Å². The van der Waals surface area contributed by atoms with Crippen molar-refractivity contribution < 1.29 is 9.21 Å². The Bertz CT molecular complexity index is 1110. The van der Waals surface area contributed by atoms with Crippen LogP contribution in [0.25, 0.3) is 11.1 Å². The summed E-state index contributed by atoms with van der Waals surface area (Å²) < 4.78 is 6.53. The monoisotopic (exact) mass is 392 g/mol. The fourth-order valence-corrected chi connectivity index (χ4v) is 4.85. The number of aromatic nitrogens is 3. The molecule has 0 amide bonds. The first-order chi connectivity index (χ1) is 14.1. The average molecular weight is 392 g/mol. The summed E-state index contributed by atoms with van der Waals surface area (Å²) in [6, 6.07) is 8.81. The lowest BCUT2D eigenvalue weighted by Gasteiger charge is -2.24. The largest absolute Gasteiger partial charge is 0.443 e. The number of benzene rings is 1. The van der Waals surface area contributed by atoms with Gasteiger partial charge in [-0.2, -0.15) is 5.10 Å². The molecular weight excluding hydrogens is 368 g/mol. The molecule has 1 aliphatic carbocycles. The first kappa shape index (κ1) is 18.1. The summed E-state index contributed by atoms with van der Waals surface area (Å²) in [5.41, 5.74) is 2.45. The molecule has 1 saturated carbocycles. The molecule has 1 aliphatic heterocycles. The summed E-state index contributed by atoms with van der Waals surface area (Å²) in [4.78, 5) is 31.2. The van der Waals surface area contributed by atoms with Gasteiger partial charge in [0.25, 0.3) is 5.56 Å². The molecule has 1 spiro atoms. The van der Waals surface area contributed by atoms with Gasteiger partial charge in [0.1, 0.15) is 17.9 Å². The topological polar surface area (TPSA) is 81.2 Å². The molecule has 7 heteroatoms. The van der Waals surface area contributed by atoms with Crippen LogP contribution in [-0.4, -0.2) is 33.6 Å². The number of fused-ring (bicyclic) bond motifs is 1. The summed E-state index contributed by atoms with van der Waals surface area (Å²) >= 11 is 0. The third kappa shape index (κ3) is 3.57. The van der Waals surface area contributed by atoms with Crippen LogP contribution in [0.4, 0.5) is 5.82 Å². The fraction of sp³-hybridized carbons (Fsp3) is 0.455. The van der Waals surface area contributed by atoms with Gasteiger partial charge in [-0.15, -0.1) is 0 Å². The van der Waals surface area contributed by atoms with Gasteiger partial charge in [0, 0.05) is 25.6 Å². The molecule has 2 aromatic heterocycles. The summed E-state index contributed by atoms with van der Waals surface area (Å²) in [6.07, 6.45) is 8.02. The van der Waals surface area contributed by atoms with Gasteiger partial charge in [-0.1, -0.05) is 18.9 Å². The van der Waals surface area contributed by atoms with Crippen molar-refractivity contribution in [2.24, 2.45) is 5.41 Å². The second kappa shape index (κ2) is 7.13. The highest BCUT2D eigenvalue weighted by Crippen LogP contribution is 2.45. The molecule has 3 aromatic rings. The zero-order valence-electron chi connectivity index (χ0n) is 16.3. The van der Waals surface area contributed by atoms with E-state index in [2.05, 4.69) is 15.0 Å². The Morgan fingerprint density at radius 2 is 2.00 bits per heavy atom. The van der Waals surface area contributed by atoms with E-state index < -0.39 is 0 Å². The van der Waals surface area contributed by atoms with Crippen LogP contribution in [0.15, 0.2) is 45.9 Å². The summed E-state index contributed by atoms with van der Waals surface area (Å²) in [5, 5.41) is 4.51. The number of nitrogens with zero attached hydrogens (tertiary/aromatic N) is 4. The van der Waals surface area contributed by atoms with Crippen molar-refractivity contribution in [3.05, 3.63) is 52.6 Å². The molecule has 0 unspecified atom stereocenters. The van der Waals surface area contributed by atoms with Gasteiger partial charge >= 0.3 is 0 Å². The molecule has 150 valence electrons. The molecule has 29 heavy (non-hydrogen) atoms. The first-order valence-corrected chi connectivity index (χ1v) is 10.3. The molecule has 2 fully saturated rings. The average Bonchev–Trinajstić information content (AvgIpc) is 3.45. The minimum atomic E-state index is -0.246. The third-order valence-electron chi connectivity index (χ3n) is 6.40. The zero-order valence-corrected chi connectivity index (χ0v) is 16.3. The molecule has 0 bridgehead atoms. The number of Topliss-reactive ketones (excluding diaryl/α,β-unsaturated/α-hetero) is 1. The van der Waals surface area contributed by atoms with Crippen LogP contribution < -0.4 is 10.5 Å². The summed E-state index contributed by atoms with van der Waals surface area (Å²) in [7, 11) is 0. The van der Waals surface area contributed by atoms with E-state index in [4.69, 9.17) is 4.42 Å². The third-order valence-corrected chi connectivity index (χ3v) is 6.40. The fourth-order valence-electron chi connectivity index (χ4n) is 4.85. The molecule has 7 nitrogen and oxygen atoms in total. The van der Waals surface area contributed by atoms with Gasteiger partial charge < -0.3 is 9.32 Å². The van der Waals surface area contributed by atoms with Crippen molar-refractivity contribution in [1.29, 1.82) is 0 Å². The van der Waals surface area contributed by atoms with Crippen LogP contribution in [0.5, 0.6) is 0 Å². The predicted molar refractivity (Wildman–Crippen MR) is 109 cm³/mol. The van der Waals surface area contributed by atoms with E-state index in [1.165, 1.54) is 49.2 Å². The van der Waals surface area contributed by atoms with E-state index in [1.807, 2.05) is 18.2 Å². The number of rotatable bonds is 5. The molecule has 1 aromatic carbocycles.